The van der Waals surface area contributed by atoms with Gasteiger partial charge in [0.25, 0.3) is 5.91 Å². The Bertz CT molecular complexity index is 974. The van der Waals surface area contributed by atoms with Crippen LogP contribution in [0.5, 0.6) is 5.75 Å². The lowest BCUT2D eigenvalue weighted by molar-refractivity contribution is 0.0967. The van der Waals surface area contributed by atoms with Crippen LogP contribution in [0.3, 0.4) is 0 Å². The van der Waals surface area contributed by atoms with Gasteiger partial charge in [-0.2, -0.15) is 0 Å². The highest BCUT2D eigenvalue weighted by atomic mass is 79.9. The number of methoxy groups -OCH3 is 1. The molecular formula is C19H18BrN3O2. The van der Waals surface area contributed by atoms with E-state index in [0.29, 0.717) is 22.8 Å². The fourth-order valence-corrected chi connectivity index (χ4v) is 3.31. The number of anilines is 1. The van der Waals surface area contributed by atoms with Crippen molar-refractivity contribution in [3.8, 4) is 5.75 Å². The second-order valence-electron chi connectivity index (χ2n) is 5.63. The van der Waals surface area contributed by atoms with Crippen molar-refractivity contribution in [2.75, 3.05) is 19.5 Å². The average molecular weight is 400 g/mol. The van der Waals surface area contributed by atoms with Crippen molar-refractivity contribution in [2.45, 2.75) is 6.92 Å². The zero-order chi connectivity index (χ0) is 18.1. The summed E-state index contributed by atoms with van der Waals surface area (Å²) in [6.07, 6.45) is 0. The van der Waals surface area contributed by atoms with Crippen LogP contribution in [0.15, 0.2) is 46.9 Å². The zero-order valence-electron chi connectivity index (χ0n) is 14.2. The lowest BCUT2D eigenvalue weighted by Gasteiger charge is -2.10. The van der Waals surface area contributed by atoms with E-state index in [9.17, 15) is 4.79 Å². The molecule has 0 amide bonds. The van der Waals surface area contributed by atoms with Gasteiger partial charge in [0.15, 0.2) is 0 Å². The van der Waals surface area contributed by atoms with Crippen LogP contribution in [0, 0.1) is 5.41 Å². The molecule has 0 aliphatic carbocycles. The van der Waals surface area contributed by atoms with Crippen LogP contribution < -0.4 is 10.1 Å². The number of nitrogens with zero attached hydrogens (tertiary/aromatic N) is 1. The quantitative estimate of drug-likeness (QED) is 0.633. The highest BCUT2D eigenvalue weighted by Gasteiger charge is 2.23. The van der Waals surface area contributed by atoms with Gasteiger partial charge in [0.1, 0.15) is 11.6 Å². The fraction of sp³-hybridized carbons (Fsp3) is 0.158. The van der Waals surface area contributed by atoms with E-state index in [1.807, 2.05) is 18.2 Å². The van der Waals surface area contributed by atoms with Gasteiger partial charge in [0, 0.05) is 33.7 Å². The summed E-state index contributed by atoms with van der Waals surface area (Å²) < 4.78 is 7.68. The van der Waals surface area contributed by atoms with Crippen molar-refractivity contribution >= 4 is 44.3 Å². The summed E-state index contributed by atoms with van der Waals surface area (Å²) in [5.41, 5.74) is 2.43. The molecular weight excluding hydrogens is 382 g/mol. The monoisotopic (exact) mass is 399 g/mol. The molecule has 6 heteroatoms. The van der Waals surface area contributed by atoms with Gasteiger partial charge < -0.3 is 15.5 Å². The Morgan fingerprint density at radius 2 is 1.88 bits per heavy atom. The Morgan fingerprint density at radius 3 is 2.44 bits per heavy atom. The second-order valence-corrected chi connectivity index (χ2v) is 6.54. The SMILES string of the molecule is CNc1c(C(C)=N)c2cc(Br)ccc2n1C(=O)c1ccc(OC)cc1. The van der Waals surface area contributed by atoms with Crippen LogP contribution >= 0.6 is 15.9 Å². The third kappa shape index (κ3) is 2.93. The summed E-state index contributed by atoms with van der Waals surface area (Å²) in [5.74, 6) is 1.15. The number of ether oxygens (including phenoxy) is 1. The van der Waals surface area contributed by atoms with E-state index in [2.05, 4.69) is 21.2 Å². The molecule has 0 atom stereocenters. The Labute approximate surface area is 154 Å². The molecule has 0 radical (unpaired) electrons. The molecule has 0 aliphatic heterocycles. The normalized spacial score (nSPS) is 10.7. The molecule has 1 heterocycles. The van der Waals surface area contributed by atoms with Crippen molar-refractivity contribution < 1.29 is 9.53 Å². The fourth-order valence-electron chi connectivity index (χ4n) is 2.95. The molecule has 0 bridgehead atoms. The topological polar surface area (TPSA) is 67.1 Å². The van der Waals surface area contributed by atoms with E-state index < -0.39 is 0 Å². The number of fused-ring (bicyclic) bond motifs is 1. The summed E-state index contributed by atoms with van der Waals surface area (Å²) in [6.45, 7) is 1.72. The van der Waals surface area contributed by atoms with E-state index in [0.717, 1.165) is 20.9 Å². The number of halogens is 1. The van der Waals surface area contributed by atoms with Gasteiger partial charge in [-0.3, -0.25) is 9.36 Å². The van der Waals surface area contributed by atoms with Crippen molar-refractivity contribution in [3.63, 3.8) is 0 Å². The average Bonchev–Trinajstić information content (AvgIpc) is 2.94. The maximum atomic E-state index is 13.2. The van der Waals surface area contributed by atoms with Gasteiger partial charge in [-0.05, 0) is 49.4 Å². The number of hydrogen-bond acceptors (Lipinski definition) is 4. The molecule has 3 aromatic rings. The Balaban J connectivity index is 2.27. The maximum absolute atomic E-state index is 13.2. The minimum absolute atomic E-state index is 0.160. The van der Waals surface area contributed by atoms with Gasteiger partial charge >= 0.3 is 0 Å². The maximum Gasteiger partial charge on any atom is 0.264 e. The summed E-state index contributed by atoms with van der Waals surface area (Å²) >= 11 is 3.47. The van der Waals surface area contributed by atoms with Gasteiger partial charge in [-0.15, -0.1) is 0 Å². The standard InChI is InChI=1S/C19H18BrN3O2/c1-11(21)17-15-10-13(20)6-9-16(15)23(18(17)22-2)19(24)12-4-7-14(25-3)8-5-12/h4-10,21-22H,1-3H3. The molecule has 0 unspecified atom stereocenters. The molecule has 2 N–H and O–H groups in total. The first-order valence-corrected chi connectivity index (χ1v) is 8.53. The lowest BCUT2D eigenvalue weighted by Crippen LogP contribution is -2.15. The Morgan fingerprint density at radius 1 is 1.20 bits per heavy atom. The van der Waals surface area contributed by atoms with Gasteiger partial charge in [-0.1, -0.05) is 15.9 Å². The molecule has 128 valence electrons. The molecule has 5 nitrogen and oxygen atoms in total. The molecule has 0 aliphatic rings. The van der Waals surface area contributed by atoms with Gasteiger partial charge in [0.05, 0.1) is 12.6 Å². The first kappa shape index (κ1) is 17.2. The van der Waals surface area contributed by atoms with E-state index >= 15 is 0 Å². The lowest BCUT2D eigenvalue weighted by atomic mass is 10.1. The molecule has 0 saturated carbocycles. The number of carbonyl (C=O) groups is 1. The van der Waals surface area contributed by atoms with Crippen LogP contribution in [0.25, 0.3) is 10.9 Å². The van der Waals surface area contributed by atoms with E-state index in [1.54, 1.807) is 49.9 Å². The molecule has 0 spiro atoms. The van der Waals surface area contributed by atoms with Gasteiger partial charge in [0.2, 0.25) is 0 Å². The predicted molar refractivity (Wildman–Crippen MR) is 104 cm³/mol. The number of aromatic nitrogens is 1. The minimum atomic E-state index is -0.160. The summed E-state index contributed by atoms with van der Waals surface area (Å²) in [7, 11) is 3.35. The summed E-state index contributed by atoms with van der Waals surface area (Å²) in [5, 5.41) is 12.1. The van der Waals surface area contributed by atoms with E-state index in [1.165, 1.54) is 0 Å². The Kier molecular flexibility index (Phi) is 4.63. The third-order valence-electron chi connectivity index (χ3n) is 4.08. The van der Waals surface area contributed by atoms with Crippen LogP contribution in [-0.4, -0.2) is 30.3 Å². The first-order chi connectivity index (χ1) is 12.0. The number of carbonyl (C=O) groups excluding carboxylic acids is 1. The van der Waals surface area contributed by atoms with Crippen LogP contribution in [-0.2, 0) is 0 Å². The van der Waals surface area contributed by atoms with Gasteiger partial charge in [-0.25, -0.2) is 0 Å². The molecule has 3 rings (SSSR count). The molecule has 0 saturated heterocycles. The molecule has 0 fully saturated rings. The first-order valence-electron chi connectivity index (χ1n) is 7.74. The molecule has 25 heavy (non-hydrogen) atoms. The molecule has 1 aromatic heterocycles. The highest BCUT2D eigenvalue weighted by Crippen LogP contribution is 2.33. The van der Waals surface area contributed by atoms with E-state index in [-0.39, 0.29) is 5.91 Å². The predicted octanol–water partition coefficient (Wildman–Crippen LogP) is 4.53. The molecule has 2 aromatic carbocycles. The number of nitrogens with one attached hydrogen (secondary N) is 2. The van der Waals surface area contributed by atoms with Crippen molar-refractivity contribution in [3.05, 3.63) is 58.1 Å². The van der Waals surface area contributed by atoms with Crippen molar-refractivity contribution in [2.24, 2.45) is 0 Å². The minimum Gasteiger partial charge on any atom is -0.497 e. The summed E-state index contributed by atoms with van der Waals surface area (Å²) in [4.78, 5) is 13.2. The number of rotatable bonds is 4. The Hall–Kier alpha value is -2.60. The number of hydrogen-bond donors (Lipinski definition) is 2. The van der Waals surface area contributed by atoms with Crippen molar-refractivity contribution in [1.29, 1.82) is 5.41 Å². The summed E-state index contributed by atoms with van der Waals surface area (Å²) in [6, 6.07) is 12.7. The smallest absolute Gasteiger partial charge is 0.264 e. The third-order valence-corrected chi connectivity index (χ3v) is 4.57. The number of benzene rings is 2. The second kappa shape index (κ2) is 6.72. The van der Waals surface area contributed by atoms with E-state index in [4.69, 9.17) is 10.1 Å². The van der Waals surface area contributed by atoms with Crippen LogP contribution in [0.1, 0.15) is 22.8 Å². The van der Waals surface area contributed by atoms with Crippen LogP contribution in [0.4, 0.5) is 5.82 Å². The zero-order valence-corrected chi connectivity index (χ0v) is 15.8. The highest BCUT2D eigenvalue weighted by molar-refractivity contribution is 9.10. The van der Waals surface area contributed by atoms with Crippen molar-refractivity contribution in [1.82, 2.24) is 4.57 Å². The largest absolute Gasteiger partial charge is 0.497 e. The van der Waals surface area contributed by atoms with Crippen LogP contribution in [0.2, 0.25) is 0 Å².